The standard InChI is InChI=1S/C14H24N2/c1-3-4-5-6-7-11-15-12-14-10-8-9-13(2)16-14/h8-10,15H,3-7,11-12H2,1-2H3. The van der Waals surface area contributed by atoms with E-state index in [1.165, 1.54) is 32.1 Å². The minimum Gasteiger partial charge on any atom is -0.311 e. The monoisotopic (exact) mass is 220 g/mol. The first-order valence-electron chi connectivity index (χ1n) is 6.46. The third-order valence-corrected chi connectivity index (χ3v) is 2.71. The number of pyridine rings is 1. The van der Waals surface area contributed by atoms with Gasteiger partial charge in [-0.3, -0.25) is 4.98 Å². The van der Waals surface area contributed by atoms with Gasteiger partial charge in [-0.15, -0.1) is 0 Å². The van der Waals surface area contributed by atoms with Gasteiger partial charge < -0.3 is 5.32 Å². The number of hydrogen-bond donors (Lipinski definition) is 1. The first-order valence-corrected chi connectivity index (χ1v) is 6.46. The van der Waals surface area contributed by atoms with Crippen molar-refractivity contribution in [2.75, 3.05) is 6.54 Å². The molecular formula is C14H24N2. The number of hydrogen-bond acceptors (Lipinski definition) is 2. The molecule has 0 atom stereocenters. The van der Waals surface area contributed by atoms with Crippen molar-refractivity contribution < 1.29 is 0 Å². The van der Waals surface area contributed by atoms with Crippen LogP contribution >= 0.6 is 0 Å². The zero-order chi connectivity index (χ0) is 11.6. The van der Waals surface area contributed by atoms with Crippen molar-refractivity contribution in [1.82, 2.24) is 10.3 Å². The second-order valence-corrected chi connectivity index (χ2v) is 4.36. The fourth-order valence-electron chi connectivity index (χ4n) is 1.77. The average molecular weight is 220 g/mol. The second-order valence-electron chi connectivity index (χ2n) is 4.36. The molecule has 0 bridgehead atoms. The maximum absolute atomic E-state index is 4.46. The van der Waals surface area contributed by atoms with Crippen molar-refractivity contribution in [3.63, 3.8) is 0 Å². The number of aromatic nitrogens is 1. The van der Waals surface area contributed by atoms with E-state index < -0.39 is 0 Å². The highest BCUT2D eigenvalue weighted by atomic mass is 14.9. The molecule has 1 heterocycles. The van der Waals surface area contributed by atoms with Crippen LogP contribution in [0, 0.1) is 6.92 Å². The molecule has 1 N–H and O–H groups in total. The van der Waals surface area contributed by atoms with E-state index in [1.807, 2.05) is 13.0 Å². The molecule has 0 radical (unpaired) electrons. The lowest BCUT2D eigenvalue weighted by Gasteiger charge is -2.04. The summed E-state index contributed by atoms with van der Waals surface area (Å²) in [7, 11) is 0. The number of rotatable bonds is 8. The summed E-state index contributed by atoms with van der Waals surface area (Å²) in [5.74, 6) is 0. The van der Waals surface area contributed by atoms with E-state index in [2.05, 4.69) is 29.4 Å². The Bertz CT molecular complexity index is 284. The molecule has 1 aromatic rings. The summed E-state index contributed by atoms with van der Waals surface area (Å²) in [5.41, 5.74) is 2.25. The van der Waals surface area contributed by atoms with Gasteiger partial charge in [0.2, 0.25) is 0 Å². The lowest BCUT2D eigenvalue weighted by Crippen LogP contribution is -2.15. The largest absolute Gasteiger partial charge is 0.311 e. The van der Waals surface area contributed by atoms with Crippen LogP contribution in [0.5, 0.6) is 0 Å². The number of aryl methyl sites for hydroxylation is 1. The lowest BCUT2D eigenvalue weighted by atomic mass is 10.1. The van der Waals surface area contributed by atoms with E-state index >= 15 is 0 Å². The third kappa shape index (κ3) is 5.86. The van der Waals surface area contributed by atoms with Crippen LogP contribution < -0.4 is 5.32 Å². The van der Waals surface area contributed by atoms with Crippen LogP contribution in [0.1, 0.15) is 50.4 Å². The summed E-state index contributed by atoms with van der Waals surface area (Å²) >= 11 is 0. The third-order valence-electron chi connectivity index (χ3n) is 2.71. The van der Waals surface area contributed by atoms with Crippen LogP contribution in [0.3, 0.4) is 0 Å². The van der Waals surface area contributed by atoms with Crippen molar-refractivity contribution in [1.29, 1.82) is 0 Å². The van der Waals surface area contributed by atoms with E-state index in [0.29, 0.717) is 0 Å². The molecule has 16 heavy (non-hydrogen) atoms. The maximum atomic E-state index is 4.46. The van der Waals surface area contributed by atoms with E-state index in [-0.39, 0.29) is 0 Å². The van der Waals surface area contributed by atoms with E-state index in [1.54, 1.807) is 0 Å². The van der Waals surface area contributed by atoms with Crippen LogP contribution in [0.2, 0.25) is 0 Å². The molecule has 0 unspecified atom stereocenters. The Morgan fingerprint density at radius 1 is 1.12 bits per heavy atom. The van der Waals surface area contributed by atoms with E-state index in [4.69, 9.17) is 0 Å². The predicted molar refractivity (Wildman–Crippen MR) is 69.4 cm³/mol. The number of nitrogens with one attached hydrogen (secondary N) is 1. The Balaban J connectivity index is 2.03. The average Bonchev–Trinajstić information content (AvgIpc) is 2.28. The highest BCUT2D eigenvalue weighted by Crippen LogP contribution is 2.02. The van der Waals surface area contributed by atoms with Gasteiger partial charge in [-0.05, 0) is 32.0 Å². The minimum absolute atomic E-state index is 0.898. The van der Waals surface area contributed by atoms with E-state index in [9.17, 15) is 0 Å². The van der Waals surface area contributed by atoms with Crippen molar-refractivity contribution in [3.8, 4) is 0 Å². The molecule has 1 aromatic heterocycles. The zero-order valence-electron chi connectivity index (χ0n) is 10.6. The molecule has 0 aliphatic rings. The molecule has 90 valence electrons. The summed E-state index contributed by atoms with van der Waals surface area (Å²) in [5, 5.41) is 3.44. The molecule has 1 rings (SSSR count). The molecule has 0 aromatic carbocycles. The van der Waals surface area contributed by atoms with Crippen LogP contribution in [0.4, 0.5) is 0 Å². The Hall–Kier alpha value is -0.890. The first kappa shape index (κ1) is 13.2. The summed E-state index contributed by atoms with van der Waals surface area (Å²) in [6, 6.07) is 6.19. The van der Waals surface area contributed by atoms with Crippen molar-refractivity contribution in [3.05, 3.63) is 29.6 Å². The van der Waals surface area contributed by atoms with Crippen LogP contribution in [-0.2, 0) is 6.54 Å². The van der Waals surface area contributed by atoms with Crippen LogP contribution in [-0.4, -0.2) is 11.5 Å². The summed E-state index contributed by atoms with van der Waals surface area (Å²) < 4.78 is 0. The predicted octanol–water partition coefficient (Wildman–Crippen LogP) is 3.45. The van der Waals surface area contributed by atoms with Crippen molar-refractivity contribution in [2.45, 2.75) is 52.5 Å². The Morgan fingerprint density at radius 3 is 2.69 bits per heavy atom. The van der Waals surface area contributed by atoms with Crippen molar-refractivity contribution >= 4 is 0 Å². The fraction of sp³-hybridized carbons (Fsp3) is 0.643. The van der Waals surface area contributed by atoms with Gasteiger partial charge in [-0.1, -0.05) is 38.7 Å². The number of unbranched alkanes of at least 4 members (excludes halogenated alkanes) is 4. The van der Waals surface area contributed by atoms with Crippen molar-refractivity contribution in [2.24, 2.45) is 0 Å². The summed E-state index contributed by atoms with van der Waals surface area (Å²) in [6.07, 6.45) is 6.70. The zero-order valence-corrected chi connectivity index (χ0v) is 10.6. The normalized spacial score (nSPS) is 10.6. The first-order chi connectivity index (χ1) is 7.83. The van der Waals surface area contributed by atoms with Gasteiger partial charge in [0.25, 0.3) is 0 Å². The van der Waals surface area contributed by atoms with Gasteiger partial charge in [-0.25, -0.2) is 0 Å². The highest BCUT2D eigenvalue weighted by molar-refractivity contribution is 5.09. The topological polar surface area (TPSA) is 24.9 Å². The van der Waals surface area contributed by atoms with Crippen LogP contribution in [0.25, 0.3) is 0 Å². The molecule has 0 saturated carbocycles. The molecule has 0 saturated heterocycles. The molecule has 0 aliphatic heterocycles. The minimum atomic E-state index is 0.898. The smallest absolute Gasteiger partial charge is 0.0544 e. The SMILES string of the molecule is CCCCCCCNCc1cccc(C)n1. The van der Waals surface area contributed by atoms with Gasteiger partial charge >= 0.3 is 0 Å². The summed E-state index contributed by atoms with van der Waals surface area (Å²) in [6.45, 7) is 6.30. The Morgan fingerprint density at radius 2 is 1.94 bits per heavy atom. The highest BCUT2D eigenvalue weighted by Gasteiger charge is 1.94. The molecule has 0 amide bonds. The lowest BCUT2D eigenvalue weighted by molar-refractivity contribution is 0.580. The van der Waals surface area contributed by atoms with Gasteiger partial charge in [0.1, 0.15) is 0 Å². The van der Waals surface area contributed by atoms with Gasteiger partial charge in [0.15, 0.2) is 0 Å². The molecular weight excluding hydrogens is 196 g/mol. The molecule has 0 fully saturated rings. The van der Waals surface area contributed by atoms with E-state index in [0.717, 1.165) is 24.5 Å². The quantitative estimate of drug-likeness (QED) is 0.679. The van der Waals surface area contributed by atoms with Gasteiger partial charge in [0.05, 0.1) is 5.69 Å². The fourth-order valence-corrected chi connectivity index (χ4v) is 1.77. The molecule has 0 spiro atoms. The Labute approximate surface area is 99.5 Å². The van der Waals surface area contributed by atoms with Gasteiger partial charge in [0, 0.05) is 12.2 Å². The molecule has 2 nitrogen and oxygen atoms in total. The molecule has 0 aliphatic carbocycles. The number of nitrogens with zero attached hydrogens (tertiary/aromatic N) is 1. The molecule has 2 heteroatoms. The second kappa shape index (κ2) is 8.28. The Kier molecular flexibility index (Phi) is 6.82. The summed E-state index contributed by atoms with van der Waals surface area (Å²) in [4.78, 5) is 4.46. The maximum Gasteiger partial charge on any atom is 0.0544 e. The van der Waals surface area contributed by atoms with Gasteiger partial charge in [-0.2, -0.15) is 0 Å². The van der Waals surface area contributed by atoms with Crippen LogP contribution in [0.15, 0.2) is 18.2 Å².